The van der Waals surface area contributed by atoms with Gasteiger partial charge in [-0.05, 0) is 29.8 Å². The highest BCUT2D eigenvalue weighted by atomic mass is 35.5. The van der Waals surface area contributed by atoms with E-state index >= 15 is 0 Å². The van der Waals surface area contributed by atoms with Crippen LogP contribution in [-0.2, 0) is 11.3 Å². The maximum atomic E-state index is 12.2. The molecule has 0 heterocycles. The van der Waals surface area contributed by atoms with E-state index in [4.69, 9.17) is 23.2 Å². The Kier molecular flexibility index (Phi) is 7.10. The van der Waals surface area contributed by atoms with Gasteiger partial charge in [0.15, 0.2) is 0 Å². The molecule has 0 fully saturated rings. The molecule has 0 unspecified atom stereocenters. The molecule has 2 aromatic carbocycles. The molecule has 0 bridgehead atoms. The molecular formula is C18H19Cl2N3O2. The lowest BCUT2D eigenvalue weighted by atomic mass is 10.2. The van der Waals surface area contributed by atoms with E-state index in [1.54, 1.807) is 42.3 Å². The van der Waals surface area contributed by atoms with Crippen molar-refractivity contribution in [3.63, 3.8) is 0 Å². The molecule has 0 spiro atoms. The fourth-order valence-corrected chi connectivity index (χ4v) is 2.63. The van der Waals surface area contributed by atoms with Crippen LogP contribution in [0.5, 0.6) is 0 Å². The average Bonchev–Trinajstić information content (AvgIpc) is 2.58. The number of nitrogens with one attached hydrogen (secondary N) is 2. The Balaban J connectivity index is 1.74. The van der Waals surface area contributed by atoms with Crippen molar-refractivity contribution in [3.05, 3.63) is 64.1 Å². The molecule has 0 atom stereocenters. The van der Waals surface area contributed by atoms with Gasteiger partial charge in [0.2, 0.25) is 5.91 Å². The molecule has 2 N–H and O–H groups in total. The second-order valence-corrected chi connectivity index (χ2v) is 6.33. The van der Waals surface area contributed by atoms with Crippen molar-refractivity contribution in [1.29, 1.82) is 0 Å². The SMILES string of the molecule is CN(Cc1ccc(Cl)cc1Cl)C(=O)CCNC(=O)Nc1ccccc1. The smallest absolute Gasteiger partial charge is 0.319 e. The first kappa shape index (κ1) is 19.1. The van der Waals surface area contributed by atoms with E-state index in [2.05, 4.69) is 10.6 Å². The summed E-state index contributed by atoms with van der Waals surface area (Å²) < 4.78 is 0. The molecule has 0 saturated carbocycles. The van der Waals surface area contributed by atoms with Crippen LogP contribution in [0.15, 0.2) is 48.5 Å². The van der Waals surface area contributed by atoms with Gasteiger partial charge in [-0.15, -0.1) is 0 Å². The number of rotatable bonds is 6. The predicted molar refractivity (Wildman–Crippen MR) is 101 cm³/mol. The standard InChI is InChI=1S/C18H19Cl2N3O2/c1-23(12-13-7-8-14(19)11-16(13)20)17(24)9-10-21-18(25)22-15-5-3-2-4-6-15/h2-8,11H,9-10,12H2,1H3,(H2,21,22,25). The Hall–Kier alpha value is -2.24. The number of hydrogen-bond donors (Lipinski definition) is 2. The minimum absolute atomic E-state index is 0.0916. The van der Waals surface area contributed by atoms with Crippen molar-refractivity contribution >= 4 is 40.8 Å². The summed E-state index contributed by atoms with van der Waals surface area (Å²) in [5.41, 5.74) is 1.51. The Morgan fingerprint density at radius 1 is 1.08 bits per heavy atom. The van der Waals surface area contributed by atoms with Crippen LogP contribution < -0.4 is 10.6 Å². The van der Waals surface area contributed by atoms with Gasteiger partial charge in [-0.25, -0.2) is 4.79 Å². The lowest BCUT2D eigenvalue weighted by Crippen LogP contribution is -2.34. The monoisotopic (exact) mass is 379 g/mol. The summed E-state index contributed by atoms with van der Waals surface area (Å²) >= 11 is 12.0. The second-order valence-electron chi connectivity index (χ2n) is 5.48. The van der Waals surface area contributed by atoms with Gasteiger partial charge in [0, 0.05) is 42.3 Å². The zero-order valence-electron chi connectivity index (χ0n) is 13.8. The van der Waals surface area contributed by atoms with Gasteiger partial charge in [0.25, 0.3) is 0 Å². The van der Waals surface area contributed by atoms with Crippen molar-refractivity contribution in [2.75, 3.05) is 18.9 Å². The molecule has 3 amide bonds. The van der Waals surface area contributed by atoms with Crippen molar-refractivity contribution < 1.29 is 9.59 Å². The topological polar surface area (TPSA) is 61.4 Å². The summed E-state index contributed by atoms with van der Waals surface area (Å²) in [5.74, 6) is -0.0916. The number of benzene rings is 2. The zero-order valence-corrected chi connectivity index (χ0v) is 15.3. The van der Waals surface area contributed by atoms with E-state index in [-0.39, 0.29) is 24.9 Å². The normalized spacial score (nSPS) is 10.2. The molecule has 7 heteroatoms. The summed E-state index contributed by atoms with van der Waals surface area (Å²) in [6.07, 6.45) is 0.198. The molecule has 2 aromatic rings. The molecule has 2 rings (SSSR count). The van der Waals surface area contributed by atoms with Crippen LogP contribution >= 0.6 is 23.2 Å². The van der Waals surface area contributed by atoms with Gasteiger partial charge in [-0.1, -0.05) is 47.5 Å². The highest BCUT2D eigenvalue weighted by Gasteiger charge is 2.12. The predicted octanol–water partition coefficient (Wildman–Crippen LogP) is 4.16. The summed E-state index contributed by atoms with van der Waals surface area (Å²) in [4.78, 5) is 25.5. The number of halogens is 2. The van der Waals surface area contributed by atoms with Crippen LogP contribution in [0.25, 0.3) is 0 Å². The highest BCUT2D eigenvalue weighted by Crippen LogP contribution is 2.22. The third-order valence-corrected chi connectivity index (χ3v) is 4.09. The lowest BCUT2D eigenvalue weighted by Gasteiger charge is -2.18. The fourth-order valence-electron chi connectivity index (χ4n) is 2.16. The van der Waals surface area contributed by atoms with Crippen molar-refractivity contribution in [1.82, 2.24) is 10.2 Å². The highest BCUT2D eigenvalue weighted by molar-refractivity contribution is 6.35. The maximum absolute atomic E-state index is 12.2. The molecule has 5 nitrogen and oxygen atoms in total. The quantitative estimate of drug-likeness (QED) is 0.791. The number of hydrogen-bond acceptors (Lipinski definition) is 2. The lowest BCUT2D eigenvalue weighted by molar-refractivity contribution is -0.130. The van der Waals surface area contributed by atoms with Crippen LogP contribution in [0.4, 0.5) is 10.5 Å². The van der Waals surface area contributed by atoms with E-state index < -0.39 is 0 Å². The number of carbonyl (C=O) groups excluding carboxylic acids is 2. The van der Waals surface area contributed by atoms with Crippen molar-refractivity contribution in [3.8, 4) is 0 Å². The van der Waals surface area contributed by atoms with E-state index in [1.165, 1.54) is 0 Å². The number of amides is 3. The molecule has 0 aliphatic rings. The fraction of sp³-hybridized carbons (Fsp3) is 0.222. The number of para-hydroxylation sites is 1. The molecule has 0 aromatic heterocycles. The van der Waals surface area contributed by atoms with Crippen LogP contribution in [0.1, 0.15) is 12.0 Å². The number of anilines is 1. The Morgan fingerprint density at radius 3 is 2.48 bits per heavy atom. The van der Waals surface area contributed by atoms with Crippen LogP contribution in [-0.4, -0.2) is 30.4 Å². The zero-order chi connectivity index (χ0) is 18.2. The number of nitrogens with zero attached hydrogens (tertiary/aromatic N) is 1. The molecule has 0 radical (unpaired) electrons. The van der Waals surface area contributed by atoms with Gasteiger partial charge < -0.3 is 15.5 Å². The molecular weight excluding hydrogens is 361 g/mol. The third kappa shape index (κ3) is 6.29. The molecule has 25 heavy (non-hydrogen) atoms. The summed E-state index contributed by atoms with van der Waals surface area (Å²) in [6.45, 7) is 0.626. The largest absolute Gasteiger partial charge is 0.341 e. The van der Waals surface area contributed by atoms with Crippen LogP contribution in [0.2, 0.25) is 10.0 Å². The number of carbonyl (C=O) groups is 2. The summed E-state index contributed by atoms with van der Waals surface area (Å²) in [7, 11) is 1.69. The first-order valence-electron chi connectivity index (χ1n) is 7.73. The molecule has 0 aliphatic heterocycles. The van der Waals surface area contributed by atoms with E-state index in [0.717, 1.165) is 5.56 Å². The minimum atomic E-state index is -0.345. The van der Waals surface area contributed by atoms with Crippen molar-refractivity contribution in [2.24, 2.45) is 0 Å². The number of urea groups is 1. The van der Waals surface area contributed by atoms with Crippen LogP contribution in [0.3, 0.4) is 0 Å². The first-order chi connectivity index (χ1) is 12.0. The molecule has 132 valence electrons. The van der Waals surface area contributed by atoms with Gasteiger partial charge in [-0.3, -0.25) is 4.79 Å². The van der Waals surface area contributed by atoms with E-state index in [9.17, 15) is 9.59 Å². The van der Waals surface area contributed by atoms with Gasteiger partial charge in [0.05, 0.1) is 0 Å². The maximum Gasteiger partial charge on any atom is 0.319 e. The van der Waals surface area contributed by atoms with Crippen molar-refractivity contribution in [2.45, 2.75) is 13.0 Å². The van der Waals surface area contributed by atoms with E-state index in [1.807, 2.05) is 18.2 Å². The molecule has 0 saturated heterocycles. The average molecular weight is 380 g/mol. The Bertz CT molecular complexity index is 738. The molecule has 0 aliphatic carbocycles. The van der Waals surface area contributed by atoms with Gasteiger partial charge in [0.1, 0.15) is 0 Å². The van der Waals surface area contributed by atoms with Crippen LogP contribution in [0, 0.1) is 0 Å². The first-order valence-corrected chi connectivity index (χ1v) is 8.49. The summed E-state index contributed by atoms with van der Waals surface area (Å²) in [5, 5.41) is 6.42. The van der Waals surface area contributed by atoms with E-state index in [0.29, 0.717) is 22.3 Å². The minimum Gasteiger partial charge on any atom is -0.341 e. The Morgan fingerprint density at radius 2 is 1.80 bits per heavy atom. The third-order valence-electron chi connectivity index (χ3n) is 3.50. The van der Waals surface area contributed by atoms with Gasteiger partial charge in [-0.2, -0.15) is 0 Å². The Labute approximate surface area is 156 Å². The summed E-state index contributed by atoms with van der Waals surface area (Å²) in [6, 6.07) is 13.9. The second kappa shape index (κ2) is 9.30. The van der Waals surface area contributed by atoms with Gasteiger partial charge >= 0.3 is 6.03 Å².